The molecule has 0 spiro atoms. The first-order valence-corrected chi connectivity index (χ1v) is 34.4. The van der Waals surface area contributed by atoms with Gasteiger partial charge >= 0.3 is 40.7 Å². The molecule has 1 unspecified atom stereocenters. The van der Waals surface area contributed by atoms with E-state index in [4.69, 9.17) is 32.1 Å². The van der Waals surface area contributed by atoms with Crippen LogP contribution < -0.4 is 25.6 Å². The average Bonchev–Trinajstić information content (AvgIpc) is 1.56. The van der Waals surface area contributed by atoms with E-state index in [0.717, 1.165) is 61.9 Å². The fourth-order valence-electron chi connectivity index (χ4n) is 11.4. The molecule has 3 amide bonds. The van der Waals surface area contributed by atoms with Crippen LogP contribution in [0.25, 0.3) is 0 Å². The quantitative estimate of drug-likeness (QED) is 0.0203. The highest BCUT2D eigenvalue weighted by Gasteiger charge is 2.46. The van der Waals surface area contributed by atoms with E-state index in [1.165, 1.54) is 0 Å². The Morgan fingerprint density at radius 2 is 1.40 bits per heavy atom. The van der Waals surface area contributed by atoms with Crippen LogP contribution in [-0.2, 0) is 81.7 Å². The maximum absolute atomic E-state index is 13.0. The third kappa shape index (κ3) is 25.3. The number of allylic oxidation sites excluding steroid dienone is 7. The Kier molecular flexibility index (Phi) is 30.0. The lowest BCUT2D eigenvalue weighted by Gasteiger charge is -2.24. The smallest absolute Gasteiger partial charge is 0.425 e. The topological polar surface area (TPSA) is 413 Å². The summed E-state index contributed by atoms with van der Waals surface area (Å²) in [7, 11) is -11.6. The highest BCUT2D eigenvalue weighted by molar-refractivity contribution is 7.85. The number of rotatable bonds is 33. The lowest BCUT2D eigenvalue weighted by Crippen LogP contribution is -3.04. The van der Waals surface area contributed by atoms with Gasteiger partial charge in [-0.25, -0.2) is 22.8 Å². The third-order valence-corrected chi connectivity index (χ3v) is 17.5. The second-order valence-electron chi connectivity index (χ2n) is 23.6. The van der Waals surface area contributed by atoms with E-state index in [2.05, 4.69) is 96.8 Å². The van der Waals surface area contributed by atoms with E-state index >= 15 is 0 Å². The maximum atomic E-state index is 13.0. The van der Waals surface area contributed by atoms with Crippen LogP contribution in [0.3, 0.4) is 0 Å². The second-order valence-corrected chi connectivity index (χ2v) is 27.1. The number of ketones is 1. The van der Waals surface area contributed by atoms with Crippen molar-refractivity contribution in [3.63, 3.8) is 0 Å². The number of benzene rings is 3. The van der Waals surface area contributed by atoms with Gasteiger partial charge < -0.3 is 40.6 Å². The number of carbonyl (C=O) groups excluding carboxylic acids is 5. The van der Waals surface area contributed by atoms with Crippen LogP contribution in [0.4, 0.5) is 16.2 Å². The number of fused-ring (bicyclic) bond motifs is 2. The largest absolute Gasteiger partial charge is 0.748 e. The van der Waals surface area contributed by atoms with Gasteiger partial charge in [-0.1, -0.05) is 42.0 Å². The van der Waals surface area contributed by atoms with Gasteiger partial charge in [-0.15, -0.1) is 12.6 Å². The van der Waals surface area contributed by atoms with Crippen LogP contribution in [0.15, 0.2) is 114 Å². The van der Waals surface area contributed by atoms with Crippen molar-refractivity contribution in [3.8, 4) is 5.75 Å². The van der Waals surface area contributed by atoms with E-state index in [0.29, 0.717) is 62.3 Å². The summed E-state index contributed by atoms with van der Waals surface area (Å²) in [6, 6.07) is 18.0. The summed E-state index contributed by atoms with van der Waals surface area (Å²) < 4.78 is 102. The van der Waals surface area contributed by atoms with Crippen LogP contribution in [0, 0.1) is 6.92 Å². The van der Waals surface area contributed by atoms with Crippen molar-refractivity contribution in [2.24, 2.45) is 0 Å². The fourth-order valence-corrected chi connectivity index (χ4v) is 12.5. The van der Waals surface area contributed by atoms with E-state index in [9.17, 15) is 64.9 Å². The summed E-state index contributed by atoms with van der Waals surface area (Å²) in [6.45, 7) is 11.8. The molecule has 3 atom stereocenters. The van der Waals surface area contributed by atoms with Gasteiger partial charge in [0.2, 0.25) is 11.6 Å². The number of hydrogen-bond acceptors (Lipinski definition) is 17. The first-order chi connectivity index (χ1) is 43.7. The van der Waals surface area contributed by atoms with E-state index in [1.54, 1.807) is 24.3 Å². The lowest BCUT2D eigenvalue weighted by molar-refractivity contribution is -0.789. The van der Waals surface area contributed by atoms with Gasteiger partial charge in [0.1, 0.15) is 47.3 Å². The summed E-state index contributed by atoms with van der Waals surface area (Å²) in [4.78, 5) is 90.0. The molecule has 2 aliphatic heterocycles. The van der Waals surface area contributed by atoms with Crippen molar-refractivity contribution in [1.29, 1.82) is 0 Å². The van der Waals surface area contributed by atoms with Gasteiger partial charge in [0.05, 0.1) is 33.2 Å². The highest BCUT2D eigenvalue weighted by Crippen LogP contribution is 2.42. The minimum absolute atomic E-state index is 0.0208. The monoisotopic (exact) mass is 1350 g/mol. The molecule has 0 aromatic heterocycles. The molecule has 3 aliphatic rings. The van der Waals surface area contributed by atoms with E-state index < -0.39 is 89.4 Å². The zero-order chi connectivity index (χ0) is 69.3. The molecule has 1 aliphatic carbocycles. The lowest BCUT2D eigenvalue weighted by atomic mass is 9.81. The number of carbonyl (C=O) groups is 6. The molecule has 0 saturated heterocycles. The minimum atomic E-state index is -4.38. The number of ether oxygens (including phenoxy) is 1. The Bertz CT molecular complexity index is 3750. The molecule has 26 nitrogen and oxygen atoms in total. The predicted octanol–water partition coefficient (Wildman–Crippen LogP) is 5.81. The van der Waals surface area contributed by atoms with Crippen LogP contribution in [0.5, 0.6) is 5.75 Å². The summed E-state index contributed by atoms with van der Waals surface area (Å²) in [5.74, 6) is -4.13. The molecule has 6 rings (SSSR count). The van der Waals surface area contributed by atoms with Crippen molar-refractivity contribution < 1.29 is 106 Å². The van der Waals surface area contributed by atoms with Crippen molar-refractivity contribution in [2.45, 2.75) is 160 Å². The van der Waals surface area contributed by atoms with Crippen LogP contribution >= 0.6 is 0 Å². The summed E-state index contributed by atoms with van der Waals surface area (Å²) in [5, 5.41) is 35.7. The molecule has 0 fully saturated rings. The number of urea groups is 1. The van der Waals surface area contributed by atoms with E-state index in [1.807, 2.05) is 25.1 Å². The molecule has 29 heteroatoms. The number of amides is 3. The van der Waals surface area contributed by atoms with Gasteiger partial charge in [-0.05, 0) is 152 Å². The molecular formula is C64H82N5O21S3+. The summed E-state index contributed by atoms with van der Waals surface area (Å²) in [6.07, 6.45) is 12.4. The highest BCUT2D eigenvalue weighted by atomic mass is 32.2. The molecule has 0 radical (unpaired) electrons. The minimum Gasteiger partial charge on any atom is -0.748 e. The number of hydrogen-bond donors (Lipinski definition) is 8. The van der Waals surface area contributed by atoms with Crippen LogP contribution in [0.1, 0.15) is 146 Å². The van der Waals surface area contributed by atoms with Gasteiger partial charge in [-0.3, -0.25) is 23.8 Å². The molecule has 0 saturated carbocycles. The number of nitrogens with zero attached hydrogens (tertiary/aromatic N) is 1. The summed E-state index contributed by atoms with van der Waals surface area (Å²) in [5.41, 5.74) is 9.08. The molecule has 93 heavy (non-hydrogen) atoms. The average molecular weight is 1350 g/mol. The van der Waals surface area contributed by atoms with Crippen molar-refractivity contribution >= 4 is 89.7 Å². The Labute approximate surface area is 542 Å². The zero-order valence-electron chi connectivity index (χ0n) is 52.6. The standard InChI is InChI=1S/C63H81N5O16S2.CO2.O3S/c1-42-23-32-53-49(40-42)63(4,5)55(68(53)37-11-13-39-86(81,82)83)34-27-45-17-14-16-44(26-33-54-62(2,3)48-19-7-8-20-52(48)67(54)36-10-12-38-85(78,79)80)58(45)84-47-29-24-43(25-30-47)41-51(60(75)76)65-56(70)21-9-6-18-46(69)28-31-50(59(73)74)66-61(77)64-35-15-22-57(71)72;2-1-3;1-4(2)3/h7-8,19-20,23-27,29-30,32-34,40,50-51H,6,9-18,21-22,28,31,35-39,41H2,1-5H3,(H7-,64,65,66,70,71,72,73,74,75,76,77,78,79,80,81,82,83);;/p+1/t50-,51+;;/m1../s1. The van der Waals surface area contributed by atoms with Crippen molar-refractivity contribution in [3.05, 3.63) is 136 Å². The maximum Gasteiger partial charge on any atom is 0.425 e. The van der Waals surface area contributed by atoms with E-state index in [-0.39, 0.29) is 88.4 Å². The zero-order valence-corrected chi connectivity index (χ0v) is 55.0. The third-order valence-electron chi connectivity index (χ3n) is 15.9. The molecule has 8 N–H and O–H groups in total. The Balaban J connectivity index is 0.00000251. The van der Waals surface area contributed by atoms with Crippen molar-refractivity contribution in [2.75, 3.05) is 31.1 Å². The van der Waals surface area contributed by atoms with Gasteiger partial charge in [0.25, 0.3) is 10.1 Å². The molecule has 506 valence electrons. The van der Waals surface area contributed by atoms with Crippen LogP contribution in [0.2, 0.25) is 0 Å². The first kappa shape index (κ1) is 77.1. The fraction of sp³-hybridized carbons (Fsp3) is 0.469. The number of carboxylic acid groups (broad SMARTS) is 3. The normalized spacial score (nSPS) is 17.0. The number of aliphatic carboxylic acids is 3. The number of unbranched alkanes of at least 4 members (excludes halogenated alkanes) is 3. The molecule has 2 heterocycles. The van der Waals surface area contributed by atoms with Gasteiger partial charge in [-0.2, -0.15) is 22.6 Å². The van der Waals surface area contributed by atoms with Gasteiger partial charge in [0.15, 0.2) is 5.71 Å². The number of quaternary nitrogens is 1. The number of nitrogens with one attached hydrogen (secondary N) is 4. The number of Topliss-reactive ketones (excluding diaryl/α,β-unsaturated/α-hetero) is 1. The first-order valence-electron chi connectivity index (χ1n) is 30.2. The Morgan fingerprint density at radius 1 is 0.753 bits per heavy atom. The Hall–Kier alpha value is -8.31. The van der Waals surface area contributed by atoms with Crippen LogP contribution in [-0.4, -0.2) is 149 Å². The summed E-state index contributed by atoms with van der Waals surface area (Å²) >= 11 is 0. The second kappa shape index (κ2) is 36.2. The Morgan fingerprint density at radius 3 is 2.03 bits per heavy atom. The molecule has 3 aromatic rings. The molecule has 3 aromatic carbocycles. The number of aryl methyl sites for hydroxylation is 1. The molecule has 0 bridgehead atoms. The SMILES string of the molecule is Cc1ccc2c(c1)C(C)(C)/C(=C\C=C1/CCCC(/C=C/C3=[N+](CCCCS(=O)(=O)[O-])c4ccccc4C3(C)C)=C1Oc1ccc(C[C@H](NC(=O)CCCCC(=O)CC[C@@H](NC(=O)NCCCC(=O)O)C(=O)O)C(=O)O)cc1)[NH+]2CCCCS(=O)(=O)O.O=C=O.O=S(=O)=O. The number of carboxylic acids is 3. The van der Waals surface area contributed by atoms with Crippen molar-refractivity contribution in [1.82, 2.24) is 16.0 Å². The van der Waals surface area contributed by atoms with Gasteiger partial charge in [0, 0.05) is 80.2 Å². The number of para-hydroxylation sites is 1. The molecular weight excluding hydrogens is 1270 g/mol. The predicted molar refractivity (Wildman–Crippen MR) is 337 cm³/mol.